The van der Waals surface area contributed by atoms with Crippen molar-refractivity contribution in [1.29, 1.82) is 0 Å². The molecule has 8 nitrogen and oxygen atoms in total. The van der Waals surface area contributed by atoms with Crippen molar-refractivity contribution >= 4 is 15.9 Å². The predicted molar refractivity (Wildman–Crippen MR) is 109 cm³/mol. The van der Waals surface area contributed by atoms with Gasteiger partial charge in [0.2, 0.25) is 10.0 Å². The van der Waals surface area contributed by atoms with Gasteiger partial charge in [0.05, 0.1) is 11.4 Å². The van der Waals surface area contributed by atoms with Crippen molar-refractivity contribution in [3.05, 3.63) is 48.5 Å². The first kappa shape index (κ1) is 19.7. The van der Waals surface area contributed by atoms with Crippen molar-refractivity contribution in [3.8, 4) is 0 Å². The molecule has 160 valence electrons. The fourth-order valence-corrected chi connectivity index (χ4v) is 5.85. The number of carbonyl (C=O) groups is 1. The topological polar surface area (TPSA) is 93.5 Å². The van der Waals surface area contributed by atoms with Gasteiger partial charge in [-0.05, 0) is 43.7 Å². The van der Waals surface area contributed by atoms with Crippen molar-refractivity contribution in [2.75, 3.05) is 19.6 Å². The van der Waals surface area contributed by atoms with Crippen LogP contribution in [0.5, 0.6) is 0 Å². The van der Waals surface area contributed by atoms with Crippen LogP contribution in [-0.2, 0) is 31.7 Å². The largest absolute Gasteiger partial charge is 0.354 e. The molecule has 3 heterocycles. The number of imidazole rings is 1. The molecule has 9 heteroatoms. The highest BCUT2D eigenvalue weighted by atomic mass is 32.2. The molecule has 0 unspecified atom stereocenters. The molecule has 1 aliphatic carbocycles. The van der Waals surface area contributed by atoms with Gasteiger partial charge < -0.3 is 14.6 Å². The van der Waals surface area contributed by atoms with Crippen molar-refractivity contribution in [2.45, 2.75) is 48.8 Å². The predicted octanol–water partition coefficient (Wildman–Crippen LogP) is 1.49. The fraction of sp³-hybridized carbons (Fsp3) is 0.524. The highest BCUT2D eigenvalue weighted by molar-refractivity contribution is 7.89. The number of amides is 1. The lowest BCUT2D eigenvalue weighted by molar-refractivity contribution is -0.170. The molecular weight excluding hydrogens is 404 g/mol. The average Bonchev–Trinajstić information content (AvgIpc) is 3.47. The van der Waals surface area contributed by atoms with Gasteiger partial charge in [0.25, 0.3) is 5.91 Å². The highest BCUT2D eigenvalue weighted by Crippen LogP contribution is 2.41. The van der Waals surface area contributed by atoms with Crippen molar-refractivity contribution in [3.63, 3.8) is 0 Å². The number of piperidine rings is 1. The van der Waals surface area contributed by atoms with E-state index in [4.69, 9.17) is 4.74 Å². The molecule has 1 aromatic carbocycles. The number of carbonyl (C=O) groups excluding carboxylic acids is 1. The number of nitrogens with zero attached hydrogens (tertiary/aromatic N) is 3. The Morgan fingerprint density at radius 3 is 2.63 bits per heavy atom. The summed E-state index contributed by atoms with van der Waals surface area (Å²) < 4.78 is 35.8. The van der Waals surface area contributed by atoms with Gasteiger partial charge in [0.1, 0.15) is 11.4 Å². The van der Waals surface area contributed by atoms with Crippen LogP contribution in [0.2, 0.25) is 0 Å². The number of ether oxygens (including phenoxy) is 1. The summed E-state index contributed by atoms with van der Waals surface area (Å²) in [4.78, 5) is 17.5. The second-order valence-electron chi connectivity index (χ2n) is 8.41. The summed E-state index contributed by atoms with van der Waals surface area (Å²) in [5, 5.41) is 3.01. The number of fused-ring (bicyclic) bond motifs is 2. The van der Waals surface area contributed by atoms with Crippen LogP contribution < -0.4 is 5.32 Å². The van der Waals surface area contributed by atoms with Crippen LogP contribution in [0.4, 0.5) is 0 Å². The van der Waals surface area contributed by atoms with E-state index in [1.807, 2.05) is 10.8 Å². The lowest BCUT2D eigenvalue weighted by atomic mass is 9.89. The van der Waals surface area contributed by atoms with Crippen molar-refractivity contribution < 1.29 is 17.9 Å². The summed E-state index contributed by atoms with van der Waals surface area (Å²) in [6.45, 7) is 1.77. The van der Waals surface area contributed by atoms with Crippen molar-refractivity contribution in [1.82, 2.24) is 19.2 Å². The first-order valence-corrected chi connectivity index (χ1v) is 11.9. The van der Waals surface area contributed by atoms with Gasteiger partial charge >= 0.3 is 0 Å². The van der Waals surface area contributed by atoms with Crippen LogP contribution in [0, 0.1) is 5.92 Å². The van der Waals surface area contributed by atoms with Crippen LogP contribution in [0.15, 0.2) is 47.6 Å². The maximum atomic E-state index is 13.0. The number of nitrogens with one attached hydrogen (secondary N) is 1. The highest BCUT2D eigenvalue weighted by Gasteiger charge is 2.48. The zero-order chi connectivity index (χ0) is 20.8. The third-order valence-corrected chi connectivity index (χ3v) is 8.23. The van der Waals surface area contributed by atoms with Crippen LogP contribution >= 0.6 is 0 Å². The lowest BCUT2D eigenvalue weighted by Gasteiger charge is -2.45. The smallest absolute Gasteiger partial charge is 0.251 e. The Labute approximate surface area is 176 Å². The summed E-state index contributed by atoms with van der Waals surface area (Å²) in [6.07, 6.45) is 6.26. The number of sulfonamides is 1. The molecule has 1 aromatic heterocycles. The molecule has 1 saturated heterocycles. The summed E-state index contributed by atoms with van der Waals surface area (Å²) >= 11 is 0. The van der Waals surface area contributed by atoms with E-state index >= 15 is 0 Å². The number of benzene rings is 1. The standard InChI is InChI=1S/C21H26N4O4S/c26-19(23-14-16-6-7-16)18-15-24-13-10-22-20(24)21(29-18)8-11-25(12-9-21)30(27,28)17-4-2-1-3-5-17/h1-5,10,13,16,18H,6-9,11-12,14-15H2,(H,23,26)/t18-/m1/s1. The zero-order valence-electron chi connectivity index (χ0n) is 16.7. The third kappa shape index (κ3) is 3.55. The lowest BCUT2D eigenvalue weighted by Crippen LogP contribution is -2.54. The second-order valence-corrected chi connectivity index (χ2v) is 10.3. The van der Waals surface area contributed by atoms with E-state index in [0.717, 1.165) is 5.82 Å². The summed E-state index contributed by atoms with van der Waals surface area (Å²) in [7, 11) is -3.55. The van der Waals surface area contributed by atoms with E-state index in [1.54, 1.807) is 36.5 Å². The van der Waals surface area contributed by atoms with Gasteiger partial charge in [-0.3, -0.25) is 4.79 Å². The maximum Gasteiger partial charge on any atom is 0.251 e. The van der Waals surface area contributed by atoms with E-state index < -0.39 is 21.7 Å². The minimum absolute atomic E-state index is 0.0973. The van der Waals surface area contributed by atoms with E-state index in [0.29, 0.717) is 49.8 Å². The quantitative estimate of drug-likeness (QED) is 0.776. The first-order chi connectivity index (χ1) is 14.5. The Balaban J connectivity index is 1.33. The summed E-state index contributed by atoms with van der Waals surface area (Å²) in [5.74, 6) is 1.28. The Kier molecular flexibility index (Phi) is 4.91. The van der Waals surface area contributed by atoms with E-state index in [2.05, 4.69) is 10.3 Å². The van der Waals surface area contributed by atoms with E-state index in [1.165, 1.54) is 17.1 Å². The number of hydrogen-bond donors (Lipinski definition) is 1. The molecule has 30 heavy (non-hydrogen) atoms. The maximum absolute atomic E-state index is 13.0. The average molecular weight is 431 g/mol. The normalized spacial score (nSPS) is 23.8. The van der Waals surface area contributed by atoms with Crippen LogP contribution in [-0.4, -0.2) is 53.9 Å². The molecule has 5 rings (SSSR count). The molecule has 0 radical (unpaired) electrons. The molecule has 2 aliphatic heterocycles. The number of hydrogen-bond acceptors (Lipinski definition) is 5. The van der Waals surface area contributed by atoms with Crippen molar-refractivity contribution in [2.24, 2.45) is 5.92 Å². The van der Waals surface area contributed by atoms with Gasteiger partial charge in [0, 0.05) is 32.0 Å². The van der Waals surface area contributed by atoms with Gasteiger partial charge in [-0.2, -0.15) is 4.31 Å². The molecule has 1 spiro atoms. The zero-order valence-corrected chi connectivity index (χ0v) is 17.6. The molecule has 0 bridgehead atoms. The summed E-state index contributed by atoms with van der Waals surface area (Å²) in [6, 6.07) is 8.48. The summed E-state index contributed by atoms with van der Waals surface area (Å²) in [5.41, 5.74) is -0.744. The third-order valence-electron chi connectivity index (χ3n) is 6.32. The monoisotopic (exact) mass is 430 g/mol. The van der Waals surface area contributed by atoms with Crippen LogP contribution in [0.3, 0.4) is 0 Å². The number of rotatable bonds is 5. The minimum Gasteiger partial charge on any atom is -0.354 e. The Bertz CT molecular complexity index is 1020. The molecular formula is C21H26N4O4S. The second kappa shape index (κ2) is 7.47. The Hall–Kier alpha value is -2.23. The fourth-order valence-electron chi connectivity index (χ4n) is 4.38. The van der Waals surface area contributed by atoms with Gasteiger partial charge in [0.15, 0.2) is 6.10 Å². The molecule has 1 amide bonds. The van der Waals surface area contributed by atoms with E-state index in [9.17, 15) is 13.2 Å². The SMILES string of the molecule is O=C(NCC1CC1)[C@H]1Cn2ccnc2C2(CCN(S(=O)(=O)c3ccccc3)CC2)O1. The van der Waals surface area contributed by atoms with Gasteiger partial charge in [-0.1, -0.05) is 18.2 Å². The van der Waals surface area contributed by atoms with Crippen LogP contribution in [0.1, 0.15) is 31.5 Å². The van der Waals surface area contributed by atoms with E-state index in [-0.39, 0.29) is 5.91 Å². The molecule has 2 fully saturated rings. The minimum atomic E-state index is -3.55. The number of aromatic nitrogens is 2. The molecule has 2 aromatic rings. The first-order valence-electron chi connectivity index (χ1n) is 10.5. The Morgan fingerprint density at radius 2 is 1.93 bits per heavy atom. The Morgan fingerprint density at radius 1 is 1.20 bits per heavy atom. The van der Waals surface area contributed by atoms with Gasteiger partial charge in [-0.15, -0.1) is 0 Å². The van der Waals surface area contributed by atoms with Crippen LogP contribution in [0.25, 0.3) is 0 Å². The molecule has 3 aliphatic rings. The molecule has 1 saturated carbocycles. The van der Waals surface area contributed by atoms with Gasteiger partial charge in [-0.25, -0.2) is 13.4 Å². The molecule has 1 N–H and O–H groups in total. The molecule has 1 atom stereocenters.